The summed E-state index contributed by atoms with van der Waals surface area (Å²) in [7, 11) is 0. The molecule has 2 nitrogen and oxygen atoms in total. The summed E-state index contributed by atoms with van der Waals surface area (Å²) in [6, 6.07) is 2.79. The number of nitrogens with zero attached hydrogens (tertiary/aromatic N) is 1. The van der Waals surface area contributed by atoms with Crippen LogP contribution in [0.25, 0.3) is 0 Å². The summed E-state index contributed by atoms with van der Waals surface area (Å²) in [4.78, 5) is 4.12. The van der Waals surface area contributed by atoms with Crippen LogP contribution in [-0.4, -0.2) is 24.5 Å². The average Bonchev–Trinajstić information content (AvgIpc) is 2.74. The molecule has 2 unspecified atom stereocenters. The summed E-state index contributed by atoms with van der Waals surface area (Å²) in [5.74, 6) is 0.705. The van der Waals surface area contributed by atoms with E-state index in [1.54, 1.807) is 0 Å². The lowest BCUT2D eigenvalue weighted by molar-refractivity contribution is 0.136. The van der Waals surface area contributed by atoms with E-state index in [0.717, 1.165) is 6.54 Å². The molecule has 2 rings (SSSR count). The molecular formula is C13H22N2S. The summed E-state index contributed by atoms with van der Waals surface area (Å²) >= 11 is 1.89. The van der Waals surface area contributed by atoms with Gasteiger partial charge in [-0.1, -0.05) is 0 Å². The van der Waals surface area contributed by atoms with Gasteiger partial charge >= 0.3 is 0 Å². The minimum atomic E-state index is 0.564. The largest absolute Gasteiger partial charge is 0.330 e. The van der Waals surface area contributed by atoms with Gasteiger partial charge in [-0.25, -0.2) is 0 Å². The zero-order valence-electron chi connectivity index (χ0n) is 10.3. The van der Waals surface area contributed by atoms with E-state index >= 15 is 0 Å². The van der Waals surface area contributed by atoms with Gasteiger partial charge < -0.3 is 5.73 Å². The molecule has 2 atom stereocenters. The van der Waals surface area contributed by atoms with Gasteiger partial charge in [0.25, 0.3) is 0 Å². The van der Waals surface area contributed by atoms with Crippen LogP contribution in [0.5, 0.6) is 0 Å². The van der Waals surface area contributed by atoms with E-state index in [0.29, 0.717) is 12.0 Å². The fourth-order valence-electron chi connectivity index (χ4n) is 2.62. The zero-order chi connectivity index (χ0) is 11.5. The van der Waals surface area contributed by atoms with Gasteiger partial charge in [0.2, 0.25) is 0 Å². The SMILES string of the molecule is Cc1ccsc1C(C)N1CCCC(CN)C1. The predicted molar refractivity (Wildman–Crippen MR) is 70.8 cm³/mol. The van der Waals surface area contributed by atoms with Crippen LogP contribution in [0.2, 0.25) is 0 Å². The number of piperidine rings is 1. The highest BCUT2D eigenvalue weighted by Crippen LogP contribution is 2.31. The summed E-state index contributed by atoms with van der Waals surface area (Å²) in [6.07, 6.45) is 2.61. The average molecular weight is 238 g/mol. The van der Waals surface area contributed by atoms with Gasteiger partial charge in [0.05, 0.1) is 0 Å². The second kappa shape index (κ2) is 5.30. The lowest BCUT2D eigenvalue weighted by Gasteiger charge is -2.36. The van der Waals surface area contributed by atoms with E-state index in [9.17, 15) is 0 Å². The minimum absolute atomic E-state index is 0.564. The van der Waals surface area contributed by atoms with Crippen molar-refractivity contribution in [3.8, 4) is 0 Å². The Morgan fingerprint density at radius 2 is 2.44 bits per heavy atom. The maximum absolute atomic E-state index is 5.79. The molecular weight excluding hydrogens is 216 g/mol. The molecule has 1 aliphatic heterocycles. The Hall–Kier alpha value is -0.380. The van der Waals surface area contributed by atoms with E-state index < -0.39 is 0 Å². The van der Waals surface area contributed by atoms with Crippen LogP contribution in [0.4, 0.5) is 0 Å². The van der Waals surface area contributed by atoms with Crippen molar-refractivity contribution in [1.29, 1.82) is 0 Å². The van der Waals surface area contributed by atoms with Crippen molar-refractivity contribution >= 4 is 11.3 Å². The lowest BCUT2D eigenvalue weighted by Crippen LogP contribution is -2.39. The molecule has 90 valence electrons. The van der Waals surface area contributed by atoms with Gasteiger partial charge in [-0.15, -0.1) is 11.3 Å². The molecule has 16 heavy (non-hydrogen) atoms. The molecule has 0 saturated carbocycles. The van der Waals surface area contributed by atoms with Crippen molar-refractivity contribution in [2.75, 3.05) is 19.6 Å². The Bertz CT molecular complexity index is 334. The molecule has 1 fully saturated rings. The second-order valence-electron chi connectivity index (χ2n) is 4.88. The number of hydrogen-bond acceptors (Lipinski definition) is 3. The predicted octanol–water partition coefficient (Wildman–Crippen LogP) is 2.79. The lowest BCUT2D eigenvalue weighted by atomic mass is 9.96. The molecule has 1 aliphatic rings. The Balaban J connectivity index is 2.04. The van der Waals surface area contributed by atoms with Gasteiger partial charge in [-0.2, -0.15) is 0 Å². The fourth-order valence-corrected chi connectivity index (χ4v) is 3.64. The van der Waals surface area contributed by atoms with Crippen molar-refractivity contribution in [3.63, 3.8) is 0 Å². The molecule has 0 amide bonds. The van der Waals surface area contributed by atoms with Gasteiger partial charge in [0.1, 0.15) is 0 Å². The topological polar surface area (TPSA) is 29.3 Å². The monoisotopic (exact) mass is 238 g/mol. The zero-order valence-corrected chi connectivity index (χ0v) is 11.1. The maximum Gasteiger partial charge on any atom is 0.0416 e. The van der Waals surface area contributed by atoms with Gasteiger partial charge in [-0.3, -0.25) is 4.90 Å². The molecule has 2 N–H and O–H groups in total. The van der Waals surface area contributed by atoms with Crippen molar-refractivity contribution in [1.82, 2.24) is 4.90 Å². The van der Waals surface area contributed by atoms with Crippen molar-refractivity contribution < 1.29 is 0 Å². The number of nitrogens with two attached hydrogens (primary N) is 1. The van der Waals surface area contributed by atoms with Crippen molar-refractivity contribution in [2.24, 2.45) is 11.7 Å². The third-order valence-electron chi connectivity index (χ3n) is 3.71. The Morgan fingerprint density at radius 3 is 3.06 bits per heavy atom. The van der Waals surface area contributed by atoms with E-state index in [-0.39, 0.29) is 0 Å². The highest BCUT2D eigenvalue weighted by atomic mass is 32.1. The minimum Gasteiger partial charge on any atom is -0.330 e. The second-order valence-corrected chi connectivity index (χ2v) is 5.83. The standard InChI is InChI=1S/C13H22N2S/c1-10-5-7-16-13(10)11(2)15-6-3-4-12(8-14)9-15/h5,7,11-12H,3-4,6,8-9,14H2,1-2H3. The van der Waals surface area contributed by atoms with Crippen molar-refractivity contribution in [2.45, 2.75) is 32.7 Å². The first-order valence-corrected chi connectivity index (χ1v) is 7.08. The first kappa shape index (κ1) is 12.1. The summed E-state index contributed by atoms with van der Waals surface area (Å²) in [5, 5.41) is 2.20. The van der Waals surface area contributed by atoms with Crippen LogP contribution in [0.1, 0.15) is 36.2 Å². The van der Waals surface area contributed by atoms with Crippen LogP contribution in [0, 0.1) is 12.8 Å². The number of hydrogen-bond donors (Lipinski definition) is 1. The number of rotatable bonds is 3. The third kappa shape index (κ3) is 2.47. The molecule has 0 aliphatic carbocycles. The Morgan fingerprint density at radius 1 is 1.62 bits per heavy atom. The molecule has 2 heterocycles. The molecule has 0 bridgehead atoms. The highest BCUT2D eigenvalue weighted by molar-refractivity contribution is 7.10. The molecule has 0 spiro atoms. The third-order valence-corrected chi connectivity index (χ3v) is 4.90. The summed E-state index contributed by atoms with van der Waals surface area (Å²) in [5.41, 5.74) is 7.23. The van der Waals surface area contributed by atoms with Crippen LogP contribution in [0.3, 0.4) is 0 Å². The van der Waals surface area contributed by atoms with Gasteiger partial charge in [-0.05, 0) is 62.7 Å². The highest BCUT2D eigenvalue weighted by Gasteiger charge is 2.24. The van der Waals surface area contributed by atoms with E-state index in [4.69, 9.17) is 5.73 Å². The van der Waals surface area contributed by atoms with Crippen LogP contribution in [-0.2, 0) is 0 Å². The number of thiophene rings is 1. The van der Waals surface area contributed by atoms with E-state index in [1.807, 2.05) is 11.3 Å². The quantitative estimate of drug-likeness (QED) is 0.877. The van der Waals surface area contributed by atoms with Crippen molar-refractivity contribution in [3.05, 3.63) is 21.9 Å². The normalized spacial score (nSPS) is 24.6. The van der Waals surface area contributed by atoms with Crippen LogP contribution in [0.15, 0.2) is 11.4 Å². The first-order valence-electron chi connectivity index (χ1n) is 6.20. The van der Waals surface area contributed by atoms with Crippen LogP contribution >= 0.6 is 11.3 Å². The van der Waals surface area contributed by atoms with Gasteiger partial charge in [0, 0.05) is 17.5 Å². The molecule has 3 heteroatoms. The molecule has 1 aromatic heterocycles. The van der Waals surface area contributed by atoms with E-state index in [1.165, 1.54) is 36.4 Å². The first-order chi connectivity index (χ1) is 7.72. The molecule has 1 saturated heterocycles. The Labute approximate surface area is 102 Å². The Kier molecular flexibility index (Phi) is 4.00. The van der Waals surface area contributed by atoms with E-state index in [2.05, 4.69) is 30.2 Å². The van der Waals surface area contributed by atoms with Gasteiger partial charge in [0.15, 0.2) is 0 Å². The smallest absolute Gasteiger partial charge is 0.0416 e. The molecule has 1 aromatic rings. The number of likely N-dealkylation sites (tertiary alicyclic amines) is 1. The molecule has 0 radical (unpaired) electrons. The van der Waals surface area contributed by atoms with Crippen LogP contribution < -0.4 is 5.73 Å². The maximum atomic E-state index is 5.79. The fraction of sp³-hybridized carbons (Fsp3) is 0.692. The summed E-state index contributed by atoms with van der Waals surface area (Å²) < 4.78 is 0. The molecule has 0 aromatic carbocycles. The summed E-state index contributed by atoms with van der Waals surface area (Å²) in [6.45, 7) is 7.79. The number of aryl methyl sites for hydroxylation is 1.